The Kier molecular flexibility index (Phi) is 7.39. The number of nitrogens with one attached hydrogen (secondary N) is 3. The zero-order valence-electron chi connectivity index (χ0n) is 12.3. The number of urea groups is 1. The summed E-state index contributed by atoms with van der Waals surface area (Å²) in [6, 6.07) is 1.14. The molecule has 1 rings (SSSR count). The minimum atomic E-state index is -0.340. The first kappa shape index (κ1) is 16.2. The largest absolute Gasteiger partial charge is 0.338 e. The molecule has 0 saturated heterocycles. The third kappa shape index (κ3) is 6.36. The Balaban J connectivity index is 2.56. The topological polar surface area (TPSA) is 86.9 Å². The molecule has 0 aromatic carbocycles. The predicted molar refractivity (Wildman–Crippen MR) is 80.0 cm³/mol. The van der Waals surface area contributed by atoms with Gasteiger partial charge < -0.3 is 10.3 Å². The van der Waals surface area contributed by atoms with Crippen molar-refractivity contribution >= 4 is 12.0 Å². The number of amides is 2. The highest BCUT2D eigenvalue weighted by molar-refractivity contribution is 5.87. The smallest absolute Gasteiger partial charge is 0.321 e. The average Bonchev–Trinajstić information content (AvgIpc) is 2.38. The summed E-state index contributed by atoms with van der Waals surface area (Å²) in [4.78, 5) is 29.8. The molecule has 0 aliphatic heterocycles. The molecule has 0 aliphatic rings. The van der Waals surface area contributed by atoms with E-state index in [0.717, 1.165) is 44.2 Å². The van der Waals surface area contributed by atoms with Crippen LogP contribution in [0.25, 0.3) is 0 Å². The Hall–Kier alpha value is -1.85. The molecule has 3 N–H and O–H groups in total. The fourth-order valence-electron chi connectivity index (χ4n) is 1.80. The lowest BCUT2D eigenvalue weighted by Crippen LogP contribution is -2.31. The van der Waals surface area contributed by atoms with E-state index in [9.17, 15) is 9.59 Å². The molecule has 20 heavy (non-hydrogen) atoms. The van der Waals surface area contributed by atoms with Crippen LogP contribution in [0.3, 0.4) is 0 Å². The predicted octanol–water partition coefficient (Wildman–Crippen LogP) is 2.42. The maximum Gasteiger partial charge on any atom is 0.321 e. The average molecular weight is 280 g/mol. The highest BCUT2D eigenvalue weighted by Crippen LogP contribution is 2.04. The number of aromatic nitrogens is 2. The van der Waals surface area contributed by atoms with E-state index in [1.165, 1.54) is 6.07 Å². The molecule has 1 aromatic rings. The molecule has 0 atom stereocenters. The number of rotatable bonds is 8. The van der Waals surface area contributed by atoms with Crippen LogP contribution < -0.4 is 16.2 Å². The van der Waals surface area contributed by atoms with Crippen LogP contribution in [0.1, 0.15) is 51.6 Å². The number of unbranched alkanes of at least 4 members (excludes halogenated alkanes) is 3. The van der Waals surface area contributed by atoms with Crippen LogP contribution in [-0.2, 0) is 6.42 Å². The molecule has 0 unspecified atom stereocenters. The first-order valence-corrected chi connectivity index (χ1v) is 7.30. The van der Waals surface area contributed by atoms with Crippen molar-refractivity contribution in [2.45, 2.75) is 52.4 Å². The van der Waals surface area contributed by atoms with Crippen molar-refractivity contribution < 1.29 is 4.79 Å². The molecule has 0 radical (unpaired) electrons. The van der Waals surface area contributed by atoms with E-state index >= 15 is 0 Å². The van der Waals surface area contributed by atoms with E-state index in [4.69, 9.17) is 0 Å². The second-order valence-corrected chi connectivity index (χ2v) is 4.78. The van der Waals surface area contributed by atoms with Crippen molar-refractivity contribution in [2.24, 2.45) is 0 Å². The Morgan fingerprint density at radius 1 is 1.25 bits per heavy atom. The van der Waals surface area contributed by atoms with E-state index in [2.05, 4.69) is 34.4 Å². The monoisotopic (exact) mass is 280 g/mol. The number of anilines is 1. The molecule has 6 nitrogen and oxygen atoms in total. The number of H-pyrrole nitrogens is 1. The molecule has 112 valence electrons. The summed E-state index contributed by atoms with van der Waals surface area (Å²) in [6.07, 6.45) is 5.98. The Labute approximate surface area is 119 Å². The Morgan fingerprint density at radius 2 is 2.00 bits per heavy atom. The van der Waals surface area contributed by atoms with Crippen LogP contribution >= 0.6 is 0 Å². The van der Waals surface area contributed by atoms with Gasteiger partial charge in [0.25, 0.3) is 5.56 Å². The van der Waals surface area contributed by atoms with Crippen LogP contribution in [0.4, 0.5) is 10.7 Å². The fourth-order valence-corrected chi connectivity index (χ4v) is 1.80. The highest BCUT2D eigenvalue weighted by atomic mass is 16.2. The summed E-state index contributed by atoms with van der Waals surface area (Å²) in [5.41, 5.74) is 0.474. The number of aryl methyl sites for hydroxylation is 1. The quantitative estimate of drug-likeness (QED) is 0.639. The molecule has 0 aliphatic carbocycles. The second-order valence-electron chi connectivity index (χ2n) is 4.78. The SMILES string of the molecule is CCCCCc1cc(=O)nc(NC(=O)NCCCC)[nH]1. The van der Waals surface area contributed by atoms with Crippen LogP contribution in [0.2, 0.25) is 0 Å². The first-order valence-electron chi connectivity index (χ1n) is 7.30. The van der Waals surface area contributed by atoms with Crippen LogP contribution in [0.5, 0.6) is 0 Å². The summed E-state index contributed by atoms with van der Waals surface area (Å²) >= 11 is 0. The van der Waals surface area contributed by atoms with Gasteiger partial charge in [-0.15, -0.1) is 0 Å². The van der Waals surface area contributed by atoms with Gasteiger partial charge in [-0.1, -0.05) is 33.1 Å². The van der Waals surface area contributed by atoms with Gasteiger partial charge in [-0.2, -0.15) is 4.98 Å². The van der Waals surface area contributed by atoms with Crippen molar-refractivity contribution in [3.63, 3.8) is 0 Å². The Morgan fingerprint density at radius 3 is 2.70 bits per heavy atom. The van der Waals surface area contributed by atoms with E-state index in [1.807, 2.05) is 0 Å². The van der Waals surface area contributed by atoms with E-state index in [0.29, 0.717) is 6.54 Å². The van der Waals surface area contributed by atoms with Gasteiger partial charge in [-0.3, -0.25) is 10.1 Å². The van der Waals surface area contributed by atoms with Crippen LogP contribution in [-0.4, -0.2) is 22.5 Å². The number of carbonyl (C=O) groups excluding carboxylic acids is 1. The lowest BCUT2D eigenvalue weighted by Gasteiger charge is -2.08. The zero-order chi connectivity index (χ0) is 14.8. The summed E-state index contributed by atoms with van der Waals surface area (Å²) in [5, 5.41) is 5.27. The number of aromatic amines is 1. The van der Waals surface area contributed by atoms with Crippen molar-refractivity contribution in [1.82, 2.24) is 15.3 Å². The highest BCUT2D eigenvalue weighted by Gasteiger charge is 2.05. The molecule has 0 spiro atoms. The lowest BCUT2D eigenvalue weighted by molar-refractivity contribution is 0.252. The lowest BCUT2D eigenvalue weighted by atomic mass is 10.1. The summed E-state index contributed by atoms with van der Waals surface area (Å²) in [5.74, 6) is 0.206. The molecule has 1 heterocycles. The van der Waals surface area contributed by atoms with Crippen molar-refractivity contribution in [1.29, 1.82) is 0 Å². The van der Waals surface area contributed by atoms with Gasteiger partial charge in [0.15, 0.2) is 0 Å². The third-order valence-corrected chi connectivity index (χ3v) is 2.90. The van der Waals surface area contributed by atoms with Gasteiger partial charge in [-0.25, -0.2) is 4.79 Å². The normalized spacial score (nSPS) is 10.3. The van der Waals surface area contributed by atoms with Gasteiger partial charge >= 0.3 is 6.03 Å². The maximum absolute atomic E-state index is 11.6. The van der Waals surface area contributed by atoms with E-state index in [-0.39, 0.29) is 17.5 Å². The maximum atomic E-state index is 11.6. The van der Waals surface area contributed by atoms with Gasteiger partial charge in [0.1, 0.15) is 0 Å². The number of nitrogens with zero attached hydrogens (tertiary/aromatic N) is 1. The third-order valence-electron chi connectivity index (χ3n) is 2.90. The number of hydrogen-bond donors (Lipinski definition) is 3. The van der Waals surface area contributed by atoms with Crippen molar-refractivity contribution in [2.75, 3.05) is 11.9 Å². The van der Waals surface area contributed by atoms with E-state index in [1.54, 1.807) is 0 Å². The summed E-state index contributed by atoms with van der Waals surface area (Å²) < 4.78 is 0. The van der Waals surface area contributed by atoms with Gasteiger partial charge in [0.05, 0.1) is 0 Å². The number of hydrogen-bond acceptors (Lipinski definition) is 3. The molecular formula is C14H24N4O2. The zero-order valence-corrected chi connectivity index (χ0v) is 12.3. The van der Waals surface area contributed by atoms with Gasteiger partial charge in [0.2, 0.25) is 5.95 Å². The van der Waals surface area contributed by atoms with Crippen molar-refractivity contribution in [3.05, 3.63) is 22.1 Å². The Bertz CT molecular complexity index is 470. The summed E-state index contributed by atoms with van der Waals surface area (Å²) in [6.45, 7) is 4.80. The van der Waals surface area contributed by atoms with Crippen LogP contribution in [0, 0.1) is 0 Å². The molecule has 2 amide bonds. The number of carbonyl (C=O) groups is 1. The minimum Gasteiger partial charge on any atom is -0.338 e. The van der Waals surface area contributed by atoms with E-state index < -0.39 is 0 Å². The molecule has 0 bridgehead atoms. The fraction of sp³-hybridized carbons (Fsp3) is 0.643. The molecule has 0 saturated carbocycles. The first-order chi connectivity index (χ1) is 9.65. The van der Waals surface area contributed by atoms with Crippen molar-refractivity contribution in [3.8, 4) is 0 Å². The standard InChI is InChI=1S/C14H24N4O2/c1-3-5-7-8-11-10-12(19)17-13(16-11)18-14(20)15-9-6-4-2/h10H,3-9H2,1-2H3,(H3,15,16,17,18,19,20). The second kappa shape index (κ2) is 9.12. The molecular weight excluding hydrogens is 256 g/mol. The molecule has 0 fully saturated rings. The minimum absolute atomic E-state index is 0.206. The molecule has 1 aromatic heterocycles. The van der Waals surface area contributed by atoms with Gasteiger partial charge in [0, 0.05) is 18.3 Å². The van der Waals surface area contributed by atoms with Crippen LogP contribution in [0.15, 0.2) is 10.9 Å². The van der Waals surface area contributed by atoms with Gasteiger partial charge in [-0.05, 0) is 19.3 Å². The summed E-state index contributed by atoms with van der Waals surface area (Å²) in [7, 11) is 0. The molecule has 6 heteroatoms.